The number of carbonyl (C=O) groups excluding carboxylic acids is 1. The average Bonchev–Trinajstić information content (AvgIpc) is 2.95. The van der Waals surface area contributed by atoms with Gasteiger partial charge in [-0.1, -0.05) is 18.2 Å². The first-order chi connectivity index (χ1) is 12.1. The highest BCUT2D eigenvalue weighted by atomic mass is 32.2. The summed E-state index contributed by atoms with van der Waals surface area (Å²) in [5.41, 5.74) is -0.946. The Bertz CT molecular complexity index is 946. The van der Waals surface area contributed by atoms with Crippen molar-refractivity contribution in [2.45, 2.75) is 11.1 Å². The standard InChI is InChI=1S/C16H14F3N3O3S/c17-16(18,19)13-8-12(26(20,24)25)6-7-14(13)22-10-21(9-15(22)23)11-4-2-1-3-5-11/h1-8H,9-10H2,(H2,20,24,25). The number of hydrogen-bond acceptors (Lipinski definition) is 4. The summed E-state index contributed by atoms with van der Waals surface area (Å²) in [7, 11) is -4.31. The van der Waals surface area contributed by atoms with E-state index < -0.39 is 38.3 Å². The number of primary sulfonamides is 1. The summed E-state index contributed by atoms with van der Waals surface area (Å²) in [6.07, 6.45) is -4.85. The molecular weight excluding hydrogens is 371 g/mol. The average molecular weight is 385 g/mol. The van der Waals surface area contributed by atoms with Crippen LogP contribution in [0.25, 0.3) is 0 Å². The minimum absolute atomic E-state index is 0.0827. The van der Waals surface area contributed by atoms with Gasteiger partial charge in [0, 0.05) is 5.69 Å². The lowest BCUT2D eigenvalue weighted by molar-refractivity contribution is -0.137. The van der Waals surface area contributed by atoms with Gasteiger partial charge in [-0.15, -0.1) is 0 Å². The minimum atomic E-state index is -4.85. The second kappa shape index (κ2) is 6.29. The summed E-state index contributed by atoms with van der Waals surface area (Å²) in [5.74, 6) is -0.525. The summed E-state index contributed by atoms with van der Waals surface area (Å²) in [6, 6.07) is 11.1. The Balaban J connectivity index is 2.02. The first-order valence-electron chi connectivity index (χ1n) is 7.42. The van der Waals surface area contributed by atoms with E-state index in [0.717, 1.165) is 17.0 Å². The molecule has 1 saturated heterocycles. The normalized spacial score (nSPS) is 15.6. The van der Waals surface area contributed by atoms with Gasteiger partial charge in [0.2, 0.25) is 15.9 Å². The van der Waals surface area contributed by atoms with Gasteiger partial charge in [0.25, 0.3) is 0 Å². The van der Waals surface area contributed by atoms with Crippen molar-refractivity contribution < 1.29 is 26.4 Å². The fourth-order valence-electron chi connectivity index (χ4n) is 2.73. The van der Waals surface area contributed by atoms with Crippen molar-refractivity contribution in [3.8, 4) is 0 Å². The number of nitrogens with zero attached hydrogens (tertiary/aromatic N) is 2. The highest BCUT2D eigenvalue weighted by Crippen LogP contribution is 2.39. The largest absolute Gasteiger partial charge is 0.418 e. The highest BCUT2D eigenvalue weighted by molar-refractivity contribution is 7.89. The van der Waals surface area contributed by atoms with Gasteiger partial charge >= 0.3 is 6.18 Å². The summed E-state index contributed by atoms with van der Waals surface area (Å²) in [4.78, 5) is 14.2. The van der Waals surface area contributed by atoms with Crippen LogP contribution in [0.4, 0.5) is 24.5 Å². The molecule has 0 unspecified atom stereocenters. The molecule has 1 fully saturated rings. The number of alkyl halides is 3. The number of nitrogens with two attached hydrogens (primary N) is 1. The molecular formula is C16H14F3N3O3S. The van der Waals surface area contributed by atoms with E-state index in [4.69, 9.17) is 5.14 Å². The molecule has 0 atom stereocenters. The van der Waals surface area contributed by atoms with Crippen molar-refractivity contribution in [3.05, 3.63) is 54.1 Å². The number of sulfonamides is 1. The maximum absolute atomic E-state index is 13.4. The number of halogens is 3. The molecule has 2 N–H and O–H groups in total. The minimum Gasteiger partial charge on any atom is -0.344 e. The SMILES string of the molecule is NS(=O)(=O)c1ccc(N2CN(c3ccccc3)CC2=O)c(C(F)(F)F)c1. The van der Waals surface area contributed by atoms with Gasteiger partial charge in [-0.05, 0) is 30.3 Å². The van der Waals surface area contributed by atoms with E-state index in [0.29, 0.717) is 11.8 Å². The van der Waals surface area contributed by atoms with Crippen LogP contribution in [0.1, 0.15) is 5.56 Å². The second-order valence-electron chi connectivity index (χ2n) is 5.72. The summed E-state index contributed by atoms with van der Waals surface area (Å²) >= 11 is 0. The van der Waals surface area contributed by atoms with Crippen LogP contribution in [0.2, 0.25) is 0 Å². The van der Waals surface area contributed by atoms with E-state index >= 15 is 0 Å². The number of carbonyl (C=O) groups is 1. The Morgan fingerprint density at radius 3 is 2.27 bits per heavy atom. The first kappa shape index (κ1) is 18.2. The van der Waals surface area contributed by atoms with E-state index in [1.54, 1.807) is 35.2 Å². The molecule has 138 valence electrons. The van der Waals surface area contributed by atoms with Gasteiger partial charge < -0.3 is 4.90 Å². The number of hydrogen-bond donors (Lipinski definition) is 1. The van der Waals surface area contributed by atoms with E-state index in [1.165, 1.54) is 0 Å². The first-order valence-corrected chi connectivity index (χ1v) is 8.96. The van der Waals surface area contributed by atoms with Gasteiger partial charge in [-0.2, -0.15) is 13.2 Å². The molecule has 0 radical (unpaired) electrons. The maximum atomic E-state index is 13.4. The topological polar surface area (TPSA) is 83.7 Å². The van der Waals surface area contributed by atoms with Gasteiger partial charge in [-0.25, -0.2) is 13.6 Å². The Labute approximate surface area is 147 Å². The second-order valence-corrected chi connectivity index (χ2v) is 7.28. The number of amides is 1. The smallest absolute Gasteiger partial charge is 0.344 e. The molecule has 0 bridgehead atoms. The van der Waals surface area contributed by atoms with Crippen LogP contribution in [0.5, 0.6) is 0 Å². The molecule has 1 aliphatic heterocycles. The number of benzene rings is 2. The zero-order chi connectivity index (χ0) is 19.1. The highest BCUT2D eigenvalue weighted by Gasteiger charge is 2.39. The van der Waals surface area contributed by atoms with Gasteiger partial charge in [0.05, 0.1) is 29.4 Å². The molecule has 6 nitrogen and oxygen atoms in total. The molecule has 0 aromatic heterocycles. The van der Waals surface area contributed by atoms with Crippen LogP contribution in [0.15, 0.2) is 53.4 Å². The Morgan fingerprint density at radius 1 is 1.04 bits per heavy atom. The Morgan fingerprint density at radius 2 is 1.69 bits per heavy atom. The van der Waals surface area contributed by atoms with E-state index in [9.17, 15) is 26.4 Å². The Kier molecular flexibility index (Phi) is 4.41. The predicted molar refractivity (Wildman–Crippen MR) is 89.0 cm³/mol. The number of rotatable bonds is 3. The van der Waals surface area contributed by atoms with Crippen LogP contribution < -0.4 is 14.9 Å². The fourth-order valence-corrected chi connectivity index (χ4v) is 3.26. The van der Waals surface area contributed by atoms with Crippen molar-refractivity contribution >= 4 is 27.3 Å². The van der Waals surface area contributed by atoms with Crippen molar-refractivity contribution in [1.82, 2.24) is 0 Å². The zero-order valence-corrected chi connectivity index (χ0v) is 14.1. The summed E-state index contributed by atoms with van der Waals surface area (Å²) in [6.45, 7) is -0.168. The Hall–Kier alpha value is -2.59. The monoisotopic (exact) mass is 385 g/mol. The lowest BCUT2D eigenvalue weighted by atomic mass is 10.1. The molecule has 3 rings (SSSR count). The van der Waals surface area contributed by atoms with E-state index in [1.807, 2.05) is 0 Å². The third kappa shape index (κ3) is 3.51. The molecule has 0 saturated carbocycles. The number of anilines is 2. The summed E-state index contributed by atoms with van der Waals surface area (Å²) < 4.78 is 63.0. The number of para-hydroxylation sites is 1. The molecule has 1 aliphatic rings. The van der Waals surface area contributed by atoms with E-state index in [-0.39, 0.29) is 13.2 Å². The van der Waals surface area contributed by atoms with Gasteiger partial charge in [-0.3, -0.25) is 9.69 Å². The van der Waals surface area contributed by atoms with Gasteiger partial charge in [0.15, 0.2) is 0 Å². The molecule has 1 heterocycles. The molecule has 2 aromatic rings. The van der Waals surface area contributed by atoms with Gasteiger partial charge in [0.1, 0.15) is 0 Å². The summed E-state index contributed by atoms with van der Waals surface area (Å²) in [5, 5.41) is 4.91. The molecule has 2 aromatic carbocycles. The van der Waals surface area contributed by atoms with E-state index in [2.05, 4.69) is 0 Å². The van der Waals surface area contributed by atoms with Crippen LogP contribution in [-0.4, -0.2) is 27.5 Å². The molecule has 26 heavy (non-hydrogen) atoms. The van der Waals surface area contributed by atoms with Crippen LogP contribution in [0, 0.1) is 0 Å². The van der Waals surface area contributed by atoms with Crippen LogP contribution >= 0.6 is 0 Å². The maximum Gasteiger partial charge on any atom is 0.418 e. The van der Waals surface area contributed by atoms with Crippen molar-refractivity contribution in [2.75, 3.05) is 23.0 Å². The molecule has 10 heteroatoms. The third-order valence-electron chi connectivity index (χ3n) is 3.95. The third-order valence-corrected chi connectivity index (χ3v) is 4.86. The lowest BCUT2D eigenvalue weighted by Gasteiger charge is -2.23. The zero-order valence-electron chi connectivity index (χ0n) is 13.3. The van der Waals surface area contributed by atoms with Crippen LogP contribution in [-0.2, 0) is 21.0 Å². The van der Waals surface area contributed by atoms with Crippen LogP contribution in [0.3, 0.4) is 0 Å². The lowest BCUT2D eigenvalue weighted by Crippen LogP contribution is -2.29. The van der Waals surface area contributed by atoms with Crippen molar-refractivity contribution in [1.29, 1.82) is 0 Å². The molecule has 1 amide bonds. The quantitative estimate of drug-likeness (QED) is 0.878. The molecule has 0 spiro atoms. The fraction of sp³-hybridized carbons (Fsp3) is 0.188. The predicted octanol–water partition coefficient (Wildman–Crippen LogP) is 2.16. The van der Waals surface area contributed by atoms with Crippen molar-refractivity contribution in [2.24, 2.45) is 5.14 Å². The van der Waals surface area contributed by atoms with Crippen molar-refractivity contribution in [3.63, 3.8) is 0 Å². The molecule has 0 aliphatic carbocycles.